The van der Waals surface area contributed by atoms with Crippen molar-refractivity contribution in [3.05, 3.63) is 65.7 Å². The van der Waals surface area contributed by atoms with Gasteiger partial charge < -0.3 is 20.3 Å². The molecule has 1 amide bonds. The molecule has 0 aliphatic heterocycles. The Kier molecular flexibility index (Phi) is 5.57. The number of benzene rings is 2. The molecule has 0 spiro atoms. The maximum Gasteiger partial charge on any atom is 0.408 e. The zero-order valence-corrected chi connectivity index (χ0v) is 12.3. The number of aliphatic carboxylic acids is 1. The van der Waals surface area contributed by atoms with Crippen LogP contribution in [0, 0.1) is 0 Å². The molecular weight excluding hydrogens is 298 g/mol. The van der Waals surface area contributed by atoms with Crippen molar-refractivity contribution < 1.29 is 24.5 Å². The predicted molar refractivity (Wildman–Crippen MR) is 83.0 cm³/mol. The minimum absolute atomic E-state index is 0.0401. The van der Waals surface area contributed by atoms with Crippen LogP contribution < -0.4 is 5.32 Å². The molecule has 0 radical (unpaired) electrons. The van der Waals surface area contributed by atoms with Crippen LogP contribution in [0.25, 0.3) is 0 Å². The Balaban J connectivity index is 1.91. The number of hydrogen-bond acceptors (Lipinski definition) is 4. The molecule has 0 saturated heterocycles. The highest BCUT2D eigenvalue weighted by molar-refractivity contribution is 5.80. The zero-order chi connectivity index (χ0) is 16.7. The number of phenols is 1. The number of nitrogens with one attached hydrogen (secondary N) is 1. The molecule has 0 aromatic heterocycles. The Morgan fingerprint density at radius 1 is 1.04 bits per heavy atom. The van der Waals surface area contributed by atoms with E-state index in [1.165, 1.54) is 12.1 Å². The molecule has 0 aliphatic rings. The van der Waals surface area contributed by atoms with Crippen molar-refractivity contribution in [3.63, 3.8) is 0 Å². The first-order chi connectivity index (χ1) is 11.0. The third-order valence-corrected chi connectivity index (χ3v) is 3.15. The van der Waals surface area contributed by atoms with Gasteiger partial charge in [0.1, 0.15) is 18.4 Å². The van der Waals surface area contributed by atoms with Crippen molar-refractivity contribution in [2.75, 3.05) is 0 Å². The summed E-state index contributed by atoms with van der Waals surface area (Å²) in [4.78, 5) is 23.0. The van der Waals surface area contributed by atoms with E-state index >= 15 is 0 Å². The number of carbonyl (C=O) groups is 2. The number of aromatic hydroxyl groups is 1. The standard InChI is InChI=1S/C17H17NO5/c19-14-8-4-7-13(9-14)10-15(16(20)21)18-17(22)23-11-12-5-2-1-3-6-12/h1-9,15,19H,10-11H2,(H,18,22)(H,20,21). The van der Waals surface area contributed by atoms with Gasteiger partial charge in [-0.25, -0.2) is 9.59 Å². The van der Waals surface area contributed by atoms with Crippen molar-refractivity contribution >= 4 is 12.1 Å². The molecular formula is C17H17NO5. The second-order valence-corrected chi connectivity index (χ2v) is 4.97. The summed E-state index contributed by atoms with van der Waals surface area (Å²) < 4.78 is 5.01. The molecule has 2 aromatic carbocycles. The lowest BCUT2D eigenvalue weighted by Crippen LogP contribution is -2.42. The molecule has 6 heteroatoms. The highest BCUT2D eigenvalue weighted by atomic mass is 16.5. The number of rotatable bonds is 6. The normalized spacial score (nSPS) is 11.5. The fourth-order valence-corrected chi connectivity index (χ4v) is 2.03. The smallest absolute Gasteiger partial charge is 0.408 e. The number of phenolic OH excluding ortho intramolecular Hbond substituents is 1. The molecule has 1 atom stereocenters. The van der Waals surface area contributed by atoms with Crippen molar-refractivity contribution in [2.45, 2.75) is 19.1 Å². The molecule has 0 bridgehead atoms. The van der Waals surface area contributed by atoms with E-state index in [2.05, 4.69) is 5.32 Å². The zero-order valence-electron chi connectivity index (χ0n) is 12.3. The van der Waals surface area contributed by atoms with E-state index in [9.17, 15) is 19.8 Å². The molecule has 0 saturated carbocycles. The predicted octanol–water partition coefficient (Wildman–Crippen LogP) is 2.31. The summed E-state index contributed by atoms with van der Waals surface area (Å²) in [5.74, 6) is -1.14. The van der Waals surface area contributed by atoms with Crippen LogP contribution >= 0.6 is 0 Å². The summed E-state index contributed by atoms with van der Waals surface area (Å²) in [7, 11) is 0. The number of ether oxygens (including phenoxy) is 1. The van der Waals surface area contributed by atoms with Crippen LogP contribution in [0.5, 0.6) is 5.75 Å². The third kappa shape index (κ3) is 5.35. The van der Waals surface area contributed by atoms with Crippen LogP contribution in [-0.2, 0) is 22.6 Å². The molecule has 1 unspecified atom stereocenters. The lowest BCUT2D eigenvalue weighted by molar-refractivity contribution is -0.139. The molecule has 2 rings (SSSR count). The molecule has 3 N–H and O–H groups in total. The molecule has 120 valence electrons. The number of carbonyl (C=O) groups excluding carboxylic acids is 1. The average Bonchev–Trinajstić information content (AvgIpc) is 2.53. The van der Waals surface area contributed by atoms with Crippen LogP contribution in [0.2, 0.25) is 0 Å². The Morgan fingerprint density at radius 3 is 2.39 bits per heavy atom. The lowest BCUT2D eigenvalue weighted by Gasteiger charge is -2.15. The van der Waals surface area contributed by atoms with Gasteiger partial charge in [-0.2, -0.15) is 0 Å². The van der Waals surface area contributed by atoms with Gasteiger partial charge in [-0.3, -0.25) is 0 Å². The lowest BCUT2D eigenvalue weighted by atomic mass is 10.1. The second-order valence-electron chi connectivity index (χ2n) is 4.97. The van der Waals surface area contributed by atoms with E-state index in [1.54, 1.807) is 24.3 Å². The SMILES string of the molecule is O=C(NC(Cc1cccc(O)c1)C(=O)O)OCc1ccccc1. The number of carboxylic acids is 1. The minimum Gasteiger partial charge on any atom is -0.508 e. The first kappa shape index (κ1) is 16.4. The summed E-state index contributed by atoms with van der Waals surface area (Å²) in [5.41, 5.74) is 1.41. The van der Waals surface area contributed by atoms with Gasteiger partial charge >= 0.3 is 12.1 Å². The summed E-state index contributed by atoms with van der Waals surface area (Å²) in [5, 5.41) is 20.9. The average molecular weight is 315 g/mol. The first-order valence-electron chi connectivity index (χ1n) is 7.02. The maximum atomic E-state index is 11.7. The molecule has 0 aliphatic carbocycles. The minimum atomic E-state index is -1.18. The van der Waals surface area contributed by atoms with Crippen LogP contribution in [0.3, 0.4) is 0 Å². The first-order valence-corrected chi connectivity index (χ1v) is 7.02. The Bertz CT molecular complexity index is 672. The summed E-state index contributed by atoms with van der Waals surface area (Å²) in [6, 6.07) is 14.2. The van der Waals surface area contributed by atoms with Crippen molar-refractivity contribution in [3.8, 4) is 5.75 Å². The van der Waals surface area contributed by atoms with Gasteiger partial charge in [0.05, 0.1) is 0 Å². The Morgan fingerprint density at radius 2 is 1.74 bits per heavy atom. The van der Waals surface area contributed by atoms with Crippen LogP contribution in [-0.4, -0.2) is 28.3 Å². The van der Waals surface area contributed by atoms with Crippen LogP contribution in [0.1, 0.15) is 11.1 Å². The molecule has 6 nitrogen and oxygen atoms in total. The Hall–Kier alpha value is -3.02. The Labute approximate surface area is 133 Å². The highest BCUT2D eigenvalue weighted by Gasteiger charge is 2.21. The number of amides is 1. The number of alkyl carbamates (subject to hydrolysis) is 1. The van der Waals surface area contributed by atoms with Crippen molar-refractivity contribution in [1.29, 1.82) is 0 Å². The molecule has 0 heterocycles. The monoisotopic (exact) mass is 315 g/mol. The summed E-state index contributed by atoms with van der Waals surface area (Å²) in [6.07, 6.45) is -0.758. The van der Waals surface area contributed by atoms with Crippen LogP contribution in [0.15, 0.2) is 54.6 Å². The van der Waals surface area contributed by atoms with Gasteiger partial charge in [0.15, 0.2) is 0 Å². The molecule has 23 heavy (non-hydrogen) atoms. The number of carboxylic acid groups (broad SMARTS) is 1. The number of hydrogen-bond donors (Lipinski definition) is 3. The van der Waals surface area contributed by atoms with Gasteiger partial charge in [0.2, 0.25) is 0 Å². The molecule has 2 aromatic rings. The fraction of sp³-hybridized carbons (Fsp3) is 0.176. The highest BCUT2D eigenvalue weighted by Crippen LogP contribution is 2.13. The van der Waals surface area contributed by atoms with Gasteiger partial charge in [-0.05, 0) is 23.3 Å². The van der Waals surface area contributed by atoms with Gasteiger partial charge in [-0.15, -0.1) is 0 Å². The molecule has 0 fully saturated rings. The van der Waals surface area contributed by atoms with Crippen molar-refractivity contribution in [2.24, 2.45) is 0 Å². The maximum absolute atomic E-state index is 11.7. The third-order valence-electron chi connectivity index (χ3n) is 3.15. The summed E-state index contributed by atoms with van der Waals surface area (Å²) in [6.45, 7) is 0.0607. The van der Waals surface area contributed by atoms with E-state index in [1.807, 2.05) is 18.2 Å². The fourth-order valence-electron chi connectivity index (χ4n) is 2.03. The second kappa shape index (κ2) is 7.84. The quantitative estimate of drug-likeness (QED) is 0.760. The van der Waals surface area contributed by atoms with E-state index in [4.69, 9.17) is 4.74 Å². The van der Waals surface area contributed by atoms with E-state index in [0.29, 0.717) is 5.56 Å². The van der Waals surface area contributed by atoms with Gasteiger partial charge in [0, 0.05) is 6.42 Å². The van der Waals surface area contributed by atoms with E-state index in [0.717, 1.165) is 5.56 Å². The van der Waals surface area contributed by atoms with Crippen LogP contribution in [0.4, 0.5) is 4.79 Å². The topological polar surface area (TPSA) is 95.9 Å². The van der Waals surface area contributed by atoms with E-state index in [-0.39, 0.29) is 18.8 Å². The van der Waals surface area contributed by atoms with Gasteiger partial charge in [-0.1, -0.05) is 42.5 Å². The van der Waals surface area contributed by atoms with Gasteiger partial charge in [0.25, 0.3) is 0 Å². The van der Waals surface area contributed by atoms with Crippen molar-refractivity contribution in [1.82, 2.24) is 5.32 Å². The van der Waals surface area contributed by atoms with E-state index < -0.39 is 18.1 Å². The largest absolute Gasteiger partial charge is 0.508 e. The summed E-state index contributed by atoms with van der Waals surface area (Å²) >= 11 is 0.